The van der Waals surface area contributed by atoms with E-state index in [-0.39, 0.29) is 24.8 Å². The third-order valence-corrected chi connectivity index (χ3v) is 4.11. The molecule has 3 nitrogen and oxygen atoms in total. The lowest BCUT2D eigenvalue weighted by atomic mass is 9.75. The molecular formula is C15H21Cl2NO2. The van der Waals surface area contributed by atoms with Crippen LogP contribution in [0.1, 0.15) is 37.7 Å². The van der Waals surface area contributed by atoms with Crippen molar-refractivity contribution in [2.24, 2.45) is 0 Å². The van der Waals surface area contributed by atoms with Crippen LogP contribution < -0.4 is 5.32 Å². The largest absolute Gasteiger partial charge is 0.396 e. The van der Waals surface area contributed by atoms with Crippen LogP contribution in [0.25, 0.3) is 0 Å². The van der Waals surface area contributed by atoms with Gasteiger partial charge in [0.2, 0.25) is 0 Å². The third kappa shape index (κ3) is 3.53. The average molecular weight is 318 g/mol. The first kappa shape index (κ1) is 17.4. The number of aliphatic hydroxyl groups excluding tert-OH is 1. The van der Waals surface area contributed by atoms with Crippen molar-refractivity contribution in [2.75, 3.05) is 13.2 Å². The molecule has 1 aliphatic rings. The van der Waals surface area contributed by atoms with Gasteiger partial charge in [-0.2, -0.15) is 0 Å². The molecule has 2 N–H and O–H groups in total. The molecular weight excluding hydrogens is 297 g/mol. The summed E-state index contributed by atoms with van der Waals surface area (Å²) < 4.78 is 0. The predicted octanol–water partition coefficient (Wildman–Crippen LogP) is 3.07. The topological polar surface area (TPSA) is 49.3 Å². The lowest BCUT2D eigenvalue weighted by Crippen LogP contribution is -2.51. The van der Waals surface area contributed by atoms with E-state index in [2.05, 4.69) is 5.32 Å². The van der Waals surface area contributed by atoms with Gasteiger partial charge in [0.1, 0.15) is 5.54 Å². The number of hydrogen-bond acceptors (Lipinski definition) is 3. The van der Waals surface area contributed by atoms with Gasteiger partial charge in [-0.3, -0.25) is 4.79 Å². The first-order valence-electron chi connectivity index (χ1n) is 6.85. The molecule has 0 saturated heterocycles. The zero-order chi connectivity index (χ0) is 13.7. The Balaban J connectivity index is 0.00000200. The molecule has 1 aliphatic carbocycles. The Morgan fingerprint density at radius 1 is 1.30 bits per heavy atom. The number of carbonyl (C=O) groups is 1. The Bertz CT molecular complexity index is 453. The minimum Gasteiger partial charge on any atom is -0.396 e. The summed E-state index contributed by atoms with van der Waals surface area (Å²) in [6.07, 6.45) is 3.98. The summed E-state index contributed by atoms with van der Waals surface area (Å²) in [6.45, 7) is 0.743. The molecule has 0 spiro atoms. The fourth-order valence-electron chi connectivity index (χ4n) is 2.78. The van der Waals surface area contributed by atoms with Crippen LogP contribution in [-0.2, 0) is 10.3 Å². The monoisotopic (exact) mass is 317 g/mol. The lowest BCUT2D eigenvalue weighted by Gasteiger charge is -2.38. The standard InChI is InChI=1S/C15H20ClNO2.ClH/c16-13-7-2-1-6-12(13)15(17-10-5-11-18)9-4-3-8-14(15)19;/h1-2,6-7,17-18H,3-5,8-11H2;1H/t15-;/m0./s1. The number of aliphatic hydroxyl groups is 1. The maximum atomic E-state index is 12.5. The molecule has 112 valence electrons. The highest BCUT2D eigenvalue weighted by molar-refractivity contribution is 6.31. The molecule has 1 aromatic carbocycles. The second-order valence-electron chi connectivity index (χ2n) is 5.02. The Labute approximate surface area is 131 Å². The van der Waals surface area contributed by atoms with Gasteiger partial charge in [0.15, 0.2) is 5.78 Å². The van der Waals surface area contributed by atoms with Crippen molar-refractivity contribution in [3.8, 4) is 0 Å². The Morgan fingerprint density at radius 3 is 2.70 bits per heavy atom. The maximum Gasteiger partial charge on any atom is 0.157 e. The summed E-state index contributed by atoms with van der Waals surface area (Å²) >= 11 is 6.28. The molecule has 20 heavy (non-hydrogen) atoms. The zero-order valence-corrected chi connectivity index (χ0v) is 13.0. The van der Waals surface area contributed by atoms with E-state index in [0.29, 0.717) is 24.4 Å². The molecule has 0 unspecified atom stereocenters. The van der Waals surface area contributed by atoms with Crippen molar-refractivity contribution in [1.82, 2.24) is 5.32 Å². The fourth-order valence-corrected chi connectivity index (χ4v) is 3.08. The van der Waals surface area contributed by atoms with E-state index in [4.69, 9.17) is 16.7 Å². The van der Waals surface area contributed by atoms with Gasteiger partial charge in [0.05, 0.1) is 0 Å². The van der Waals surface area contributed by atoms with Crippen LogP contribution >= 0.6 is 24.0 Å². The minimum atomic E-state index is -0.661. The van der Waals surface area contributed by atoms with Gasteiger partial charge >= 0.3 is 0 Å². The van der Waals surface area contributed by atoms with Crippen LogP contribution in [0.3, 0.4) is 0 Å². The van der Waals surface area contributed by atoms with E-state index in [1.807, 2.05) is 24.3 Å². The number of hydrogen-bond donors (Lipinski definition) is 2. The average Bonchev–Trinajstić information content (AvgIpc) is 2.42. The van der Waals surface area contributed by atoms with Gasteiger partial charge in [-0.05, 0) is 37.4 Å². The molecule has 1 fully saturated rings. The van der Waals surface area contributed by atoms with Crippen LogP contribution in [0.4, 0.5) is 0 Å². The van der Waals surface area contributed by atoms with Gasteiger partial charge in [0.25, 0.3) is 0 Å². The number of benzene rings is 1. The molecule has 0 bridgehead atoms. The van der Waals surface area contributed by atoms with Crippen molar-refractivity contribution in [3.63, 3.8) is 0 Å². The molecule has 0 radical (unpaired) electrons. The Morgan fingerprint density at radius 2 is 2.05 bits per heavy atom. The third-order valence-electron chi connectivity index (χ3n) is 3.78. The van der Waals surface area contributed by atoms with Crippen molar-refractivity contribution < 1.29 is 9.90 Å². The molecule has 1 atom stereocenters. The second-order valence-corrected chi connectivity index (χ2v) is 5.43. The van der Waals surface area contributed by atoms with E-state index < -0.39 is 5.54 Å². The van der Waals surface area contributed by atoms with Gasteiger partial charge < -0.3 is 10.4 Å². The van der Waals surface area contributed by atoms with Crippen LogP contribution in [0.5, 0.6) is 0 Å². The van der Waals surface area contributed by atoms with Crippen LogP contribution in [0.15, 0.2) is 24.3 Å². The van der Waals surface area contributed by atoms with Crippen LogP contribution in [-0.4, -0.2) is 24.0 Å². The number of ketones is 1. The Hall–Kier alpha value is -0.610. The van der Waals surface area contributed by atoms with E-state index >= 15 is 0 Å². The van der Waals surface area contributed by atoms with Gasteiger partial charge in [-0.15, -0.1) is 12.4 Å². The molecule has 0 aliphatic heterocycles. The van der Waals surface area contributed by atoms with E-state index in [0.717, 1.165) is 24.8 Å². The highest BCUT2D eigenvalue weighted by Gasteiger charge is 2.41. The van der Waals surface area contributed by atoms with Crippen molar-refractivity contribution >= 4 is 29.8 Å². The Kier molecular flexibility index (Phi) is 6.96. The zero-order valence-electron chi connectivity index (χ0n) is 11.4. The van der Waals surface area contributed by atoms with Gasteiger partial charge in [-0.25, -0.2) is 0 Å². The predicted molar refractivity (Wildman–Crippen MR) is 83.6 cm³/mol. The number of nitrogens with one attached hydrogen (secondary N) is 1. The summed E-state index contributed by atoms with van der Waals surface area (Å²) in [4.78, 5) is 12.5. The highest BCUT2D eigenvalue weighted by atomic mass is 35.5. The smallest absolute Gasteiger partial charge is 0.157 e. The summed E-state index contributed by atoms with van der Waals surface area (Å²) in [6, 6.07) is 7.55. The number of Topliss-reactive ketones (excluding diaryl/α,β-unsaturated/α-hetero) is 1. The normalized spacial score (nSPS) is 22.4. The minimum absolute atomic E-state index is 0. The SMILES string of the molecule is Cl.O=C1CCCC[C@]1(NCCCO)c1ccccc1Cl. The first-order valence-corrected chi connectivity index (χ1v) is 7.23. The number of rotatable bonds is 5. The van der Waals surface area contributed by atoms with E-state index in [1.165, 1.54) is 0 Å². The maximum absolute atomic E-state index is 12.5. The van der Waals surface area contributed by atoms with E-state index in [1.54, 1.807) is 0 Å². The van der Waals surface area contributed by atoms with E-state index in [9.17, 15) is 4.79 Å². The number of carbonyl (C=O) groups excluding carboxylic acids is 1. The quantitative estimate of drug-likeness (QED) is 0.820. The fraction of sp³-hybridized carbons (Fsp3) is 0.533. The summed E-state index contributed by atoms with van der Waals surface area (Å²) in [5.74, 6) is 0.213. The summed E-state index contributed by atoms with van der Waals surface area (Å²) in [5.41, 5.74) is 0.213. The van der Waals surface area contributed by atoms with Crippen molar-refractivity contribution in [2.45, 2.75) is 37.6 Å². The van der Waals surface area contributed by atoms with Crippen molar-refractivity contribution in [3.05, 3.63) is 34.9 Å². The molecule has 1 saturated carbocycles. The second kappa shape index (κ2) is 7.99. The van der Waals surface area contributed by atoms with Crippen molar-refractivity contribution in [1.29, 1.82) is 0 Å². The lowest BCUT2D eigenvalue weighted by molar-refractivity contribution is -0.128. The van der Waals surface area contributed by atoms with Gasteiger partial charge in [-0.1, -0.05) is 36.2 Å². The summed E-state index contributed by atoms with van der Waals surface area (Å²) in [7, 11) is 0. The van der Waals surface area contributed by atoms with Crippen LogP contribution in [0, 0.1) is 0 Å². The number of halogens is 2. The first-order chi connectivity index (χ1) is 9.20. The molecule has 0 aromatic heterocycles. The van der Waals surface area contributed by atoms with Crippen LogP contribution in [0.2, 0.25) is 5.02 Å². The van der Waals surface area contributed by atoms with Gasteiger partial charge in [0, 0.05) is 18.1 Å². The molecule has 0 amide bonds. The molecule has 1 aromatic rings. The molecule has 5 heteroatoms. The molecule has 0 heterocycles. The highest BCUT2D eigenvalue weighted by Crippen LogP contribution is 2.37. The summed E-state index contributed by atoms with van der Waals surface area (Å²) in [5, 5.41) is 12.9. The molecule has 2 rings (SSSR count).